The summed E-state index contributed by atoms with van der Waals surface area (Å²) in [6, 6.07) is 3.26. The average Bonchev–Trinajstić information content (AvgIpc) is 2.78. The van der Waals surface area contributed by atoms with Gasteiger partial charge in [0.15, 0.2) is 0 Å². The molecule has 0 radical (unpaired) electrons. The summed E-state index contributed by atoms with van der Waals surface area (Å²) in [6.45, 7) is 3.99. The second kappa shape index (κ2) is 10.2. The molecular formula is C20H30N4O5S. The summed E-state index contributed by atoms with van der Waals surface area (Å²) < 4.78 is 32.7. The second-order valence-corrected chi connectivity index (χ2v) is 9.48. The number of hydrogen-bond donors (Lipinski definition) is 1. The minimum Gasteiger partial charge on any atom is -0.465 e. The van der Waals surface area contributed by atoms with Crippen LogP contribution in [0.5, 0.6) is 0 Å². The number of amides is 1. The van der Waals surface area contributed by atoms with Gasteiger partial charge in [0.1, 0.15) is 17.3 Å². The van der Waals surface area contributed by atoms with Crippen molar-refractivity contribution in [2.75, 3.05) is 44.2 Å². The first-order valence-corrected chi connectivity index (χ1v) is 12.0. The molecule has 3 rings (SSSR count). The van der Waals surface area contributed by atoms with E-state index in [4.69, 9.17) is 4.74 Å². The van der Waals surface area contributed by atoms with Crippen molar-refractivity contribution in [3.63, 3.8) is 0 Å². The fraction of sp³-hybridized carbons (Fsp3) is 0.650. The number of nitrogens with zero attached hydrogens (tertiary/aromatic N) is 3. The number of carbonyl (C=O) groups excluding carboxylic acids is 2. The number of ether oxygens (including phenoxy) is 1. The van der Waals surface area contributed by atoms with E-state index >= 15 is 0 Å². The van der Waals surface area contributed by atoms with Gasteiger partial charge in [-0.05, 0) is 44.7 Å². The molecule has 30 heavy (non-hydrogen) atoms. The van der Waals surface area contributed by atoms with Crippen LogP contribution in [0.2, 0.25) is 0 Å². The van der Waals surface area contributed by atoms with Crippen LogP contribution < -0.4 is 10.2 Å². The third kappa shape index (κ3) is 5.28. The third-order valence-corrected chi connectivity index (χ3v) is 7.48. The summed E-state index contributed by atoms with van der Waals surface area (Å²) in [6.07, 6.45) is 5.53. The predicted molar refractivity (Wildman–Crippen MR) is 111 cm³/mol. The van der Waals surface area contributed by atoms with Gasteiger partial charge < -0.3 is 15.0 Å². The average molecular weight is 439 g/mol. The van der Waals surface area contributed by atoms with Crippen LogP contribution in [0.3, 0.4) is 0 Å². The van der Waals surface area contributed by atoms with Crippen molar-refractivity contribution in [2.45, 2.75) is 43.9 Å². The lowest BCUT2D eigenvalue weighted by atomic mass is 9.96. The molecule has 166 valence electrons. The fourth-order valence-electron chi connectivity index (χ4n) is 3.93. The van der Waals surface area contributed by atoms with Crippen LogP contribution in [0.25, 0.3) is 0 Å². The monoisotopic (exact) mass is 438 g/mol. The summed E-state index contributed by atoms with van der Waals surface area (Å²) in [4.78, 5) is 30.3. The lowest BCUT2D eigenvalue weighted by Crippen LogP contribution is -2.43. The van der Waals surface area contributed by atoms with Crippen LogP contribution in [-0.4, -0.2) is 68.9 Å². The summed E-state index contributed by atoms with van der Waals surface area (Å²) in [7, 11) is -3.60. The molecule has 9 nitrogen and oxygen atoms in total. The Morgan fingerprint density at radius 3 is 2.53 bits per heavy atom. The SMILES string of the molecule is CCOC(=O)CNC(=O)C1CCN(c2ncccc2S(=O)(=O)N2CCCCC2)CC1. The van der Waals surface area contributed by atoms with E-state index in [-0.39, 0.29) is 29.9 Å². The van der Waals surface area contributed by atoms with Crippen molar-refractivity contribution >= 4 is 27.7 Å². The van der Waals surface area contributed by atoms with E-state index in [0.29, 0.717) is 44.8 Å². The summed E-state index contributed by atoms with van der Waals surface area (Å²) >= 11 is 0. The van der Waals surface area contributed by atoms with E-state index in [0.717, 1.165) is 19.3 Å². The first-order chi connectivity index (χ1) is 14.4. The van der Waals surface area contributed by atoms with Crippen LogP contribution in [0.15, 0.2) is 23.2 Å². The first kappa shape index (κ1) is 22.5. The van der Waals surface area contributed by atoms with Crippen LogP contribution in [-0.2, 0) is 24.3 Å². The molecule has 0 bridgehead atoms. The zero-order valence-corrected chi connectivity index (χ0v) is 18.2. The van der Waals surface area contributed by atoms with Crippen molar-refractivity contribution < 1.29 is 22.7 Å². The van der Waals surface area contributed by atoms with E-state index in [1.54, 1.807) is 29.6 Å². The van der Waals surface area contributed by atoms with E-state index in [9.17, 15) is 18.0 Å². The van der Waals surface area contributed by atoms with Crippen molar-refractivity contribution in [3.8, 4) is 0 Å². The van der Waals surface area contributed by atoms with Crippen LogP contribution >= 0.6 is 0 Å². The molecule has 3 heterocycles. The minimum absolute atomic E-state index is 0.134. The fourth-order valence-corrected chi connectivity index (χ4v) is 5.61. The largest absolute Gasteiger partial charge is 0.465 e. The van der Waals surface area contributed by atoms with Gasteiger partial charge in [-0.25, -0.2) is 13.4 Å². The van der Waals surface area contributed by atoms with E-state index in [1.165, 1.54) is 0 Å². The minimum atomic E-state index is -3.60. The highest BCUT2D eigenvalue weighted by molar-refractivity contribution is 7.89. The summed E-state index contributed by atoms with van der Waals surface area (Å²) in [5, 5.41) is 2.62. The standard InChI is InChI=1S/C20H30N4O5S/c1-2-29-18(25)15-22-20(26)16-8-13-23(14-9-16)19-17(7-6-10-21-19)30(27,28)24-11-4-3-5-12-24/h6-7,10,16H,2-5,8-9,11-15H2,1H3,(H,22,26). The predicted octanol–water partition coefficient (Wildman–Crippen LogP) is 1.15. The number of pyridine rings is 1. The molecule has 1 amide bonds. The van der Waals surface area contributed by atoms with Gasteiger partial charge in [0.05, 0.1) is 6.61 Å². The molecule has 0 spiro atoms. The molecule has 10 heteroatoms. The molecule has 2 saturated heterocycles. The number of aromatic nitrogens is 1. The molecule has 0 aromatic carbocycles. The Hall–Kier alpha value is -2.20. The molecule has 1 aromatic rings. The topological polar surface area (TPSA) is 109 Å². The molecule has 2 fully saturated rings. The van der Waals surface area contributed by atoms with Crippen LogP contribution in [0.4, 0.5) is 5.82 Å². The molecule has 0 atom stereocenters. The highest BCUT2D eigenvalue weighted by atomic mass is 32.2. The Morgan fingerprint density at radius 2 is 1.87 bits per heavy atom. The summed E-state index contributed by atoms with van der Waals surface area (Å²) in [5.41, 5.74) is 0. The van der Waals surface area contributed by atoms with Crippen molar-refractivity contribution in [1.82, 2.24) is 14.6 Å². The molecule has 1 aromatic heterocycles. The van der Waals surface area contributed by atoms with Gasteiger partial charge in [-0.15, -0.1) is 0 Å². The maximum Gasteiger partial charge on any atom is 0.325 e. The number of rotatable bonds is 7. The van der Waals surface area contributed by atoms with E-state index in [2.05, 4.69) is 10.3 Å². The molecule has 2 aliphatic heterocycles. The van der Waals surface area contributed by atoms with Crippen molar-refractivity contribution in [2.24, 2.45) is 5.92 Å². The zero-order valence-electron chi connectivity index (χ0n) is 17.4. The Bertz CT molecular complexity index is 847. The summed E-state index contributed by atoms with van der Waals surface area (Å²) in [5.74, 6) is -0.399. The quantitative estimate of drug-likeness (QED) is 0.636. The van der Waals surface area contributed by atoms with Crippen molar-refractivity contribution in [1.29, 1.82) is 0 Å². The third-order valence-electron chi connectivity index (χ3n) is 5.56. The lowest BCUT2D eigenvalue weighted by Gasteiger charge is -2.34. The van der Waals surface area contributed by atoms with E-state index < -0.39 is 16.0 Å². The van der Waals surface area contributed by atoms with Gasteiger partial charge in [-0.2, -0.15) is 4.31 Å². The van der Waals surface area contributed by atoms with Gasteiger partial charge in [0, 0.05) is 38.3 Å². The zero-order chi connectivity index (χ0) is 21.6. The Kier molecular flexibility index (Phi) is 7.65. The van der Waals surface area contributed by atoms with Gasteiger partial charge in [-0.3, -0.25) is 9.59 Å². The first-order valence-electron chi connectivity index (χ1n) is 10.6. The number of carbonyl (C=O) groups is 2. The Morgan fingerprint density at radius 1 is 1.17 bits per heavy atom. The van der Waals surface area contributed by atoms with Crippen LogP contribution in [0.1, 0.15) is 39.0 Å². The van der Waals surface area contributed by atoms with Gasteiger partial charge in [0.25, 0.3) is 0 Å². The molecule has 0 unspecified atom stereocenters. The molecule has 0 aliphatic carbocycles. The van der Waals surface area contributed by atoms with Gasteiger partial charge in [0.2, 0.25) is 15.9 Å². The molecule has 0 saturated carbocycles. The Labute approximate surface area is 177 Å². The van der Waals surface area contributed by atoms with E-state index in [1.807, 2.05) is 4.90 Å². The van der Waals surface area contributed by atoms with Crippen LogP contribution in [0, 0.1) is 5.92 Å². The normalized spacial score (nSPS) is 18.8. The van der Waals surface area contributed by atoms with Gasteiger partial charge >= 0.3 is 5.97 Å². The number of piperidine rings is 2. The Balaban J connectivity index is 1.64. The highest BCUT2D eigenvalue weighted by Crippen LogP contribution is 2.30. The smallest absolute Gasteiger partial charge is 0.325 e. The number of esters is 1. The van der Waals surface area contributed by atoms with Gasteiger partial charge in [-0.1, -0.05) is 6.42 Å². The molecular weight excluding hydrogens is 408 g/mol. The van der Waals surface area contributed by atoms with Crippen molar-refractivity contribution in [3.05, 3.63) is 18.3 Å². The number of sulfonamides is 1. The maximum absolute atomic E-state index is 13.2. The number of anilines is 1. The number of nitrogens with one attached hydrogen (secondary N) is 1. The maximum atomic E-state index is 13.2. The molecule has 1 N–H and O–H groups in total. The second-order valence-electron chi connectivity index (χ2n) is 7.57. The molecule has 2 aliphatic rings. The number of hydrogen-bond acceptors (Lipinski definition) is 7. The highest BCUT2D eigenvalue weighted by Gasteiger charge is 2.32. The lowest BCUT2D eigenvalue weighted by molar-refractivity contribution is -0.143.